The highest BCUT2D eigenvalue weighted by atomic mass is 32.2. The predicted molar refractivity (Wildman–Crippen MR) is 160 cm³/mol. The van der Waals surface area contributed by atoms with Gasteiger partial charge in [-0.15, -0.1) is 18.3 Å². The van der Waals surface area contributed by atoms with E-state index in [2.05, 4.69) is 30.3 Å². The molecule has 0 aliphatic heterocycles. The number of ether oxygens (including phenoxy) is 2. The molecule has 1 unspecified atom stereocenters. The Labute approximate surface area is 254 Å². The van der Waals surface area contributed by atoms with Crippen molar-refractivity contribution >= 4 is 29.1 Å². The van der Waals surface area contributed by atoms with Crippen LogP contribution in [-0.4, -0.2) is 56.4 Å². The zero-order valence-electron chi connectivity index (χ0n) is 22.6. The van der Waals surface area contributed by atoms with Crippen LogP contribution in [-0.2, 0) is 4.79 Å². The molecule has 0 saturated carbocycles. The van der Waals surface area contributed by atoms with Crippen molar-refractivity contribution in [2.45, 2.75) is 26.8 Å². The molecule has 4 rings (SSSR count). The minimum atomic E-state index is -4.78. The molecular weight excluding hydrogens is 604 g/mol. The number of aliphatic carboxylic acids is 1. The number of hydrogen-bond donors (Lipinski definition) is 2. The maximum Gasteiger partial charge on any atom is 0.573 e. The van der Waals surface area contributed by atoms with Gasteiger partial charge < -0.3 is 14.6 Å². The first-order valence-corrected chi connectivity index (χ1v) is 13.4. The van der Waals surface area contributed by atoms with Gasteiger partial charge in [0.1, 0.15) is 12.1 Å². The van der Waals surface area contributed by atoms with Crippen molar-refractivity contribution in [3.63, 3.8) is 0 Å². The van der Waals surface area contributed by atoms with E-state index < -0.39 is 24.2 Å². The summed E-state index contributed by atoms with van der Waals surface area (Å²) in [6.07, 6.45) is -1.83. The van der Waals surface area contributed by atoms with Gasteiger partial charge in [-0.25, -0.2) is 14.1 Å². The second-order valence-corrected chi connectivity index (χ2v) is 9.70. The Bertz CT molecular complexity index is 1610. The first kappa shape index (κ1) is 33.6. The molecule has 0 radical (unpaired) electrons. The first-order valence-electron chi connectivity index (χ1n) is 12.4. The summed E-state index contributed by atoms with van der Waals surface area (Å²) in [5.74, 6) is -1.68. The molecule has 10 nitrogen and oxygen atoms in total. The highest BCUT2D eigenvalue weighted by molar-refractivity contribution is 8.14. The third-order valence-electron chi connectivity index (χ3n) is 5.67. The number of aliphatic imine (C=N–C) groups is 1. The first-order chi connectivity index (χ1) is 20.5. The number of hydrazone groups is 1. The average Bonchev–Trinajstić information content (AvgIpc) is 3.46. The lowest BCUT2D eigenvalue weighted by atomic mass is 10.1. The SMILES string of the molecule is C.COc1ccc(C(C)N=C(N/N=C/c2ccc(-c3ncn(-c4ccc(OC(F)(F)F)cc4)n3)cc2)SCC(=O)O)cc1F. The number of carboxylic acids is 1. The van der Waals surface area contributed by atoms with E-state index in [1.165, 1.54) is 60.7 Å². The standard InChI is InChI=1S/C28H24F4N6O4S.CH4/c1-17(20-7-12-24(41-2)23(29)13-20)35-27(43-15-25(39)40)36-34-14-18-3-5-19(6-4-18)26-33-16-38(37-26)21-8-10-22(11-9-21)42-28(30,31)32;/h3-14,16-17H,15H2,1-2H3,(H,35,36)(H,39,40);1H4/b34-14+;. The van der Waals surface area contributed by atoms with Crippen LogP contribution in [0.5, 0.6) is 11.5 Å². The summed E-state index contributed by atoms with van der Waals surface area (Å²) in [4.78, 5) is 19.8. The van der Waals surface area contributed by atoms with E-state index in [1.807, 2.05) is 0 Å². The summed E-state index contributed by atoms with van der Waals surface area (Å²) >= 11 is 0.934. The minimum absolute atomic E-state index is 0. The molecule has 2 N–H and O–H groups in total. The van der Waals surface area contributed by atoms with Crippen molar-refractivity contribution in [2.75, 3.05) is 12.9 Å². The van der Waals surface area contributed by atoms with Crippen molar-refractivity contribution in [1.82, 2.24) is 20.2 Å². The lowest BCUT2D eigenvalue weighted by Gasteiger charge is -2.11. The van der Waals surface area contributed by atoms with E-state index in [9.17, 15) is 22.4 Å². The zero-order valence-corrected chi connectivity index (χ0v) is 23.4. The molecule has 1 aromatic heterocycles. The van der Waals surface area contributed by atoms with Gasteiger partial charge >= 0.3 is 12.3 Å². The quantitative estimate of drug-likeness (QED) is 0.0882. The van der Waals surface area contributed by atoms with E-state index in [-0.39, 0.29) is 29.8 Å². The van der Waals surface area contributed by atoms with Crippen LogP contribution in [0, 0.1) is 5.82 Å². The number of thioether (sulfide) groups is 1. The van der Waals surface area contributed by atoms with E-state index in [1.54, 1.807) is 37.3 Å². The monoisotopic (exact) mass is 632 g/mol. The van der Waals surface area contributed by atoms with Gasteiger partial charge in [0.05, 0.1) is 30.8 Å². The number of rotatable bonds is 10. The number of amidine groups is 1. The molecule has 0 aliphatic carbocycles. The number of carboxylic acid groups (broad SMARTS) is 1. The second kappa shape index (κ2) is 15.0. The third kappa shape index (κ3) is 9.55. The summed E-state index contributed by atoms with van der Waals surface area (Å²) in [6.45, 7) is 1.74. The van der Waals surface area contributed by atoms with E-state index in [4.69, 9.17) is 9.84 Å². The van der Waals surface area contributed by atoms with Crippen molar-refractivity contribution in [1.29, 1.82) is 0 Å². The molecule has 0 spiro atoms. The molecule has 0 saturated heterocycles. The van der Waals surface area contributed by atoms with Crippen molar-refractivity contribution < 1.29 is 36.9 Å². The van der Waals surface area contributed by atoms with Gasteiger partial charge in [0.2, 0.25) is 0 Å². The molecule has 1 heterocycles. The molecule has 0 bridgehead atoms. The van der Waals surface area contributed by atoms with E-state index >= 15 is 0 Å². The summed E-state index contributed by atoms with van der Waals surface area (Å²) in [5, 5.41) is 17.8. The zero-order chi connectivity index (χ0) is 31.0. The number of nitrogens with zero attached hydrogens (tertiary/aromatic N) is 5. The van der Waals surface area contributed by atoms with Gasteiger partial charge in [-0.2, -0.15) is 5.10 Å². The molecule has 0 aliphatic rings. The second-order valence-electron chi connectivity index (χ2n) is 8.73. The fraction of sp³-hybridized carbons (Fsp3) is 0.207. The van der Waals surface area contributed by atoms with Crippen LogP contribution in [0.3, 0.4) is 0 Å². The lowest BCUT2D eigenvalue weighted by molar-refractivity contribution is -0.274. The summed E-state index contributed by atoms with van der Waals surface area (Å²) in [6, 6.07) is 16.2. The summed E-state index contributed by atoms with van der Waals surface area (Å²) < 4.78 is 61.5. The van der Waals surface area contributed by atoms with Gasteiger partial charge in [0, 0.05) is 5.56 Å². The van der Waals surface area contributed by atoms with Crippen LogP contribution in [0.2, 0.25) is 0 Å². The fourth-order valence-electron chi connectivity index (χ4n) is 3.62. The molecule has 1 atom stereocenters. The third-order valence-corrected chi connectivity index (χ3v) is 6.53. The Morgan fingerprint density at radius 1 is 1.14 bits per heavy atom. The normalized spacial score (nSPS) is 12.5. The van der Waals surface area contributed by atoms with Crippen LogP contribution in [0.1, 0.15) is 31.5 Å². The van der Waals surface area contributed by atoms with Crippen LogP contribution < -0.4 is 14.9 Å². The van der Waals surface area contributed by atoms with Crippen LogP contribution in [0.15, 0.2) is 83.2 Å². The number of nitrogens with one attached hydrogen (secondary N) is 1. The van der Waals surface area contributed by atoms with Gasteiger partial charge in [-0.05, 0) is 54.4 Å². The smallest absolute Gasteiger partial charge is 0.494 e. The Kier molecular flexibility index (Phi) is 11.4. The van der Waals surface area contributed by atoms with Crippen molar-refractivity contribution in [2.24, 2.45) is 10.1 Å². The highest BCUT2D eigenvalue weighted by Gasteiger charge is 2.31. The Morgan fingerprint density at radius 2 is 1.84 bits per heavy atom. The number of methoxy groups -OCH3 is 1. The maximum absolute atomic E-state index is 14.1. The number of halogens is 4. The molecule has 15 heteroatoms. The predicted octanol–water partition coefficient (Wildman–Crippen LogP) is 6.48. The van der Waals surface area contributed by atoms with Gasteiger partial charge in [0.15, 0.2) is 22.6 Å². The minimum Gasteiger partial charge on any atom is -0.494 e. The maximum atomic E-state index is 14.1. The number of hydrogen-bond acceptors (Lipinski definition) is 8. The van der Waals surface area contributed by atoms with Gasteiger partial charge in [0.25, 0.3) is 0 Å². The van der Waals surface area contributed by atoms with E-state index in [0.29, 0.717) is 28.2 Å². The highest BCUT2D eigenvalue weighted by Crippen LogP contribution is 2.25. The van der Waals surface area contributed by atoms with Crippen LogP contribution >= 0.6 is 11.8 Å². The Hall–Kier alpha value is -4.92. The molecule has 0 fully saturated rings. The van der Waals surface area contributed by atoms with Crippen molar-refractivity contribution in [3.8, 4) is 28.6 Å². The summed E-state index contributed by atoms with van der Waals surface area (Å²) in [7, 11) is 1.37. The molecule has 44 heavy (non-hydrogen) atoms. The van der Waals surface area contributed by atoms with Crippen LogP contribution in [0.4, 0.5) is 17.6 Å². The van der Waals surface area contributed by atoms with E-state index in [0.717, 1.165) is 11.8 Å². The molecular formula is C29H28F4N6O4S. The molecule has 232 valence electrons. The van der Waals surface area contributed by atoms with Crippen LogP contribution in [0.25, 0.3) is 17.1 Å². The molecule has 3 aromatic carbocycles. The number of carbonyl (C=O) groups is 1. The fourth-order valence-corrected chi connectivity index (χ4v) is 4.23. The largest absolute Gasteiger partial charge is 0.573 e. The Morgan fingerprint density at radius 3 is 2.45 bits per heavy atom. The lowest BCUT2D eigenvalue weighted by Crippen LogP contribution is -2.17. The number of alkyl halides is 3. The number of aromatic nitrogens is 3. The number of benzene rings is 3. The van der Waals surface area contributed by atoms with Gasteiger partial charge in [-0.1, -0.05) is 49.5 Å². The van der Waals surface area contributed by atoms with Crippen molar-refractivity contribution in [3.05, 3.63) is 90.0 Å². The Balaban J connectivity index is 0.00000529. The topological polar surface area (TPSA) is 123 Å². The average molecular weight is 633 g/mol. The summed E-state index contributed by atoms with van der Waals surface area (Å²) in [5.41, 5.74) is 5.19. The van der Waals surface area contributed by atoms with Gasteiger partial charge in [-0.3, -0.25) is 15.2 Å². The molecule has 0 amide bonds. The molecule has 4 aromatic rings.